The molecule has 1 aliphatic heterocycles. The van der Waals surface area contributed by atoms with Gasteiger partial charge in [-0.25, -0.2) is 4.68 Å². The summed E-state index contributed by atoms with van der Waals surface area (Å²) < 4.78 is 2.08. The molecule has 0 saturated carbocycles. The van der Waals surface area contributed by atoms with Gasteiger partial charge in [0.05, 0.1) is 22.6 Å². The van der Waals surface area contributed by atoms with E-state index in [0.717, 1.165) is 77.8 Å². The normalized spacial score (nSPS) is 16.1. The summed E-state index contributed by atoms with van der Waals surface area (Å²) in [6.45, 7) is 6.26. The number of nitrogens with one attached hydrogen (secondary N) is 2. The first-order valence-electron chi connectivity index (χ1n) is 10.1. The minimum Gasteiger partial charge on any atom is -0.367 e. The molecule has 6 nitrogen and oxygen atoms in total. The monoisotopic (exact) mass is 408 g/mol. The van der Waals surface area contributed by atoms with Crippen LogP contribution in [0.3, 0.4) is 0 Å². The Morgan fingerprint density at radius 2 is 1.79 bits per heavy atom. The Bertz CT molecular complexity index is 1090. The van der Waals surface area contributed by atoms with Crippen LogP contribution >= 0.6 is 11.6 Å². The van der Waals surface area contributed by atoms with Gasteiger partial charge in [-0.05, 0) is 18.7 Å². The molecule has 4 aromatic rings. The summed E-state index contributed by atoms with van der Waals surface area (Å²) >= 11 is 6.88. The Morgan fingerprint density at radius 3 is 2.52 bits per heavy atom. The van der Waals surface area contributed by atoms with Crippen LogP contribution in [0.1, 0.15) is 0 Å². The number of rotatable bonds is 5. The highest BCUT2D eigenvalue weighted by molar-refractivity contribution is 6.39. The molecule has 7 heteroatoms. The SMILES string of the molecule is CN1CCN(CCn2nc(-c3cc[nH]c3)c3c(Cl)c(-c4ccccc4)[nH]c32)CC1. The zero-order valence-corrected chi connectivity index (χ0v) is 17.3. The molecule has 1 aliphatic rings. The van der Waals surface area contributed by atoms with Crippen LogP contribution in [0.4, 0.5) is 0 Å². The number of hydrogen-bond acceptors (Lipinski definition) is 3. The van der Waals surface area contributed by atoms with Gasteiger partial charge in [0, 0.05) is 50.7 Å². The van der Waals surface area contributed by atoms with E-state index in [0.29, 0.717) is 0 Å². The second-order valence-corrected chi connectivity index (χ2v) is 8.10. The zero-order valence-electron chi connectivity index (χ0n) is 16.5. The summed E-state index contributed by atoms with van der Waals surface area (Å²) in [5.41, 5.74) is 4.99. The van der Waals surface area contributed by atoms with Crippen molar-refractivity contribution in [2.45, 2.75) is 6.54 Å². The van der Waals surface area contributed by atoms with Gasteiger partial charge >= 0.3 is 0 Å². The van der Waals surface area contributed by atoms with Crippen molar-refractivity contribution in [3.05, 3.63) is 53.8 Å². The highest BCUT2D eigenvalue weighted by atomic mass is 35.5. The van der Waals surface area contributed by atoms with Gasteiger partial charge in [0.25, 0.3) is 0 Å². The second-order valence-electron chi connectivity index (χ2n) is 7.72. The quantitative estimate of drug-likeness (QED) is 0.526. The molecule has 1 saturated heterocycles. The van der Waals surface area contributed by atoms with Gasteiger partial charge in [-0.3, -0.25) is 4.90 Å². The van der Waals surface area contributed by atoms with E-state index in [9.17, 15) is 0 Å². The van der Waals surface area contributed by atoms with Crippen LogP contribution in [0.5, 0.6) is 0 Å². The Kier molecular flexibility index (Phi) is 4.91. The minimum absolute atomic E-state index is 0.730. The number of piperazine rings is 1. The average Bonchev–Trinajstić information content (AvgIpc) is 3.46. The van der Waals surface area contributed by atoms with Gasteiger partial charge in [0.15, 0.2) is 0 Å². The Balaban J connectivity index is 1.53. The lowest BCUT2D eigenvalue weighted by Crippen LogP contribution is -2.45. The van der Waals surface area contributed by atoms with Crippen molar-refractivity contribution in [3.8, 4) is 22.5 Å². The van der Waals surface area contributed by atoms with Crippen molar-refractivity contribution in [2.24, 2.45) is 0 Å². The van der Waals surface area contributed by atoms with E-state index in [1.54, 1.807) is 0 Å². The standard InChI is InChI=1S/C22H25ClN6/c1-27-9-11-28(12-10-27)13-14-29-22-18(20(26-29)17-7-8-24-15-17)19(23)21(25-22)16-5-3-2-4-6-16/h2-8,15,24-25H,9-14H2,1H3. The molecule has 0 spiro atoms. The number of benzene rings is 1. The van der Waals surface area contributed by atoms with Crippen molar-refractivity contribution < 1.29 is 0 Å². The molecule has 0 unspecified atom stereocenters. The third-order valence-corrected chi connectivity index (χ3v) is 6.17. The summed E-state index contributed by atoms with van der Waals surface area (Å²) in [5, 5.41) is 6.65. The van der Waals surface area contributed by atoms with Crippen molar-refractivity contribution in [3.63, 3.8) is 0 Å². The van der Waals surface area contributed by atoms with Crippen LogP contribution in [-0.4, -0.2) is 69.3 Å². The molecule has 0 aliphatic carbocycles. The summed E-state index contributed by atoms with van der Waals surface area (Å²) in [4.78, 5) is 11.6. The lowest BCUT2D eigenvalue weighted by molar-refractivity contribution is 0.149. The van der Waals surface area contributed by atoms with Gasteiger partial charge < -0.3 is 14.9 Å². The Morgan fingerprint density at radius 1 is 1.00 bits per heavy atom. The zero-order chi connectivity index (χ0) is 19.8. The second kappa shape index (κ2) is 7.71. The summed E-state index contributed by atoms with van der Waals surface area (Å²) in [6.07, 6.45) is 3.89. The van der Waals surface area contributed by atoms with Crippen molar-refractivity contribution in [1.82, 2.24) is 29.5 Å². The summed E-state index contributed by atoms with van der Waals surface area (Å²) in [5.74, 6) is 0. The van der Waals surface area contributed by atoms with Crippen LogP contribution in [-0.2, 0) is 6.54 Å². The number of aromatic amines is 2. The van der Waals surface area contributed by atoms with Gasteiger partial charge in [0.2, 0.25) is 0 Å². The maximum absolute atomic E-state index is 6.88. The Hall–Kier alpha value is -2.54. The third kappa shape index (κ3) is 3.48. The number of halogens is 1. The highest BCUT2D eigenvalue weighted by Gasteiger charge is 2.22. The van der Waals surface area contributed by atoms with Crippen molar-refractivity contribution in [1.29, 1.82) is 0 Å². The van der Waals surface area contributed by atoms with Gasteiger partial charge in [-0.15, -0.1) is 0 Å². The summed E-state index contributed by atoms with van der Waals surface area (Å²) in [7, 11) is 2.18. The fraction of sp³-hybridized carbons (Fsp3) is 0.318. The number of hydrogen-bond donors (Lipinski definition) is 2. The van der Waals surface area contributed by atoms with Crippen LogP contribution < -0.4 is 0 Å². The molecule has 0 bridgehead atoms. The molecule has 5 rings (SSSR count). The van der Waals surface area contributed by atoms with Crippen molar-refractivity contribution >= 4 is 22.6 Å². The highest BCUT2D eigenvalue weighted by Crippen LogP contribution is 2.39. The van der Waals surface area contributed by atoms with E-state index in [1.165, 1.54) is 0 Å². The fourth-order valence-electron chi connectivity index (χ4n) is 4.04. The van der Waals surface area contributed by atoms with Gasteiger partial charge in [-0.2, -0.15) is 5.10 Å². The number of likely N-dealkylation sites (N-methyl/N-ethyl adjacent to an activating group) is 1. The van der Waals surface area contributed by atoms with Crippen LogP contribution in [0.15, 0.2) is 48.8 Å². The Labute approximate surface area is 175 Å². The van der Waals surface area contributed by atoms with Gasteiger partial charge in [0.1, 0.15) is 11.3 Å². The number of fused-ring (bicyclic) bond motifs is 1. The van der Waals surface area contributed by atoms with E-state index >= 15 is 0 Å². The number of aromatic nitrogens is 4. The fourth-order valence-corrected chi connectivity index (χ4v) is 4.38. The minimum atomic E-state index is 0.730. The molecule has 3 aromatic heterocycles. The molecular formula is C22H25ClN6. The predicted octanol–water partition coefficient (Wildman–Crippen LogP) is 3.93. The van der Waals surface area contributed by atoms with E-state index < -0.39 is 0 Å². The van der Waals surface area contributed by atoms with Crippen LogP contribution in [0.2, 0.25) is 5.02 Å². The molecule has 1 aromatic carbocycles. The molecular weight excluding hydrogens is 384 g/mol. The number of nitrogens with zero attached hydrogens (tertiary/aromatic N) is 4. The summed E-state index contributed by atoms with van der Waals surface area (Å²) in [6, 6.07) is 12.3. The maximum atomic E-state index is 6.88. The maximum Gasteiger partial charge on any atom is 0.138 e. The number of H-pyrrole nitrogens is 2. The molecule has 29 heavy (non-hydrogen) atoms. The molecule has 150 valence electrons. The van der Waals surface area contributed by atoms with Crippen molar-refractivity contribution in [2.75, 3.05) is 39.8 Å². The largest absolute Gasteiger partial charge is 0.367 e. The first-order valence-corrected chi connectivity index (χ1v) is 10.5. The van der Waals surface area contributed by atoms with E-state index in [-0.39, 0.29) is 0 Å². The van der Waals surface area contributed by atoms with E-state index in [4.69, 9.17) is 16.7 Å². The van der Waals surface area contributed by atoms with E-state index in [1.807, 2.05) is 36.7 Å². The van der Waals surface area contributed by atoms with E-state index in [2.05, 4.69) is 43.6 Å². The van der Waals surface area contributed by atoms with Crippen LogP contribution in [0.25, 0.3) is 33.5 Å². The topological polar surface area (TPSA) is 55.9 Å². The van der Waals surface area contributed by atoms with Crippen LogP contribution in [0, 0.1) is 0 Å². The molecule has 1 fully saturated rings. The first-order chi connectivity index (χ1) is 14.2. The molecule has 0 radical (unpaired) electrons. The molecule has 0 amide bonds. The molecule has 4 heterocycles. The molecule has 2 N–H and O–H groups in total. The average molecular weight is 409 g/mol. The smallest absolute Gasteiger partial charge is 0.138 e. The lowest BCUT2D eigenvalue weighted by Gasteiger charge is -2.32. The predicted molar refractivity (Wildman–Crippen MR) is 118 cm³/mol. The van der Waals surface area contributed by atoms with Gasteiger partial charge in [-0.1, -0.05) is 41.9 Å². The molecule has 0 atom stereocenters. The lowest BCUT2D eigenvalue weighted by atomic mass is 10.1. The third-order valence-electron chi connectivity index (χ3n) is 5.79. The first kappa shape index (κ1) is 18.5.